The van der Waals surface area contributed by atoms with Gasteiger partial charge in [0.05, 0.1) is 0 Å². The van der Waals surface area contributed by atoms with Gasteiger partial charge in [-0.3, -0.25) is 4.79 Å². The maximum atomic E-state index is 12.7. The molecule has 0 radical (unpaired) electrons. The summed E-state index contributed by atoms with van der Waals surface area (Å²) in [4.78, 5) is 12.7. The van der Waals surface area contributed by atoms with E-state index < -0.39 is 5.60 Å². The fourth-order valence-electron chi connectivity index (χ4n) is 3.44. The van der Waals surface area contributed by atoms with Crippen LogP contribution in [0.1, 0.15) is 12.8 Å². The van der Waals surface area contributed by atoms with Gasteiger partial charge in [-0.15, -0.1) is 0 Å². The van der Waals surface area contributed by atoms with Gasteiger partial charge in [0.15, 0.2) is 0 Å². The summed E-state index contributed by atoms with van der Waals surface area (Å²) in [6, 6.07) is 17.7. The van der Waals surface area contributed by atoms with Gasteiger partial charge in [0.2, 0.25) is 0 Å². The SMILES string of the molecule is COC1(C(=O)Nc2ccc(-c3cc4ccccc4o3)cc2)CCNCC1. The molecular weight excluding hydrogens is 328 g/mol. The number of para-hydroxylation sites is 1. The molecule has 2 N–H and O–H groups in total. The first-order chi connectivity index (χ1) is 12.7. The number of ether oxygens (including phenoxy) is 1. The third-order valence-electron chi connectivity index (χ3n) is 5.07. The summed E-state index contributed by atoms with van der Waals surface area (Å²) in [7, 11) is 1.61. The summed E-state index contributed by atoms with van der Waals surface area (Å²) in [5, 5.41) is 7.32. The molecule has 5 nitrogen and oxygen atoms in total. The van der Waals surface area contributed by atoms with Gasteiger partial charge in [-0.1, -0.05) is 18.2 Å². The highest BCUT2D eigenvalue weighted by Gasteiger charge is 2.39. The van der Waals surface area contributed by atoms with E-state index in [0.717, 1.165) is 41.1 Å². The lowest BCUT2D eigenvalue weighted by Gasteiger charge is -2.34. The van der Waals surface area contributed by atoms with Gasteiger partial charge in [0, 0.05) is 23.7 Å². The molecule has 1 saturated heterocycles. The molecule has 4 rings (SSSR count). The predicted octanol–water partition coefficient (Wildman–Crippen LogP) is 3.81. The number of furan rings is 1. The van der Waals surface area contributed by atoms with E-state index in [4.69, 9.17) is 9.15 Å². The minimum atomic E-state index is -0.747. The Hall–Kier alpha value is -2.63. The molecule has 3 aromatic rings. The third-order valence-corrected chi connectivity index (χ3v) is 5.07. The molecular formula is C21H22N2O3. The smallest absolute Gasteiger partial charge is 0.256 e. The van der Waals surface area contributed by atoms with Crippen molar-refractivity contribution in [1.29, 1.82) is 0 Å². The van der Waals surface area contributed by atoms with Crippen LogP contribution < -0.4 is 10.6 Å². The van der Waals surface area contributed by atoms with Crippen LogP contribution in [-0.4, -0.2) is 31.7 Å². The van der Waals surface area contributed by atoms with Crippen molar-refractivity contribution in [2.75, 3.05) is 25.5 Å². The average Bonchev–Trinajstić information content (AvgIpc) is 3.13. The Morgan fingerprint density at radius 2 is 1.85 bits per heavy atom. The van der Waals surface area contributed by atoms with E-state index in [1.165, 1.54) is 0 Å². The van der Waals surface area contributed by atoms with Crippen LogP contribution in [0.5, 0.6) is 0 Å². The van der Waals surface area contributed by atoms with Gasteiger partial charge in [-0.05, 0) is 62.3 Å². The summed E-state index contributed by atoms with van der Waals surface area (Å²) >= 11 is 0. The minimum Gasteiger partial charge on any atom is -0.456 e. The van der Waals surface area contributed by atoms with Crippen LogP contribution in [0.15, 0.2) is 59.0 Å². The monoisotopic (exact) mass is 350 g/mol. The van der Waals surface area contributed by atoms with Crippen molar-refractivity contribution >= 4 is 22.6 Å². The summed E-state index contributed by atoms with van der Waals surface area (Å²) in [6.07, 6.45) is 1.35. The Kier molecular flexibility index (Phi) is 4.49. The van der Waals surface area contributed by atoms with E-state index in [1.807, 2.05) is 54.6 Å². The van der Waals surface area contributed by atoms with Gasteiger partial charge in [-0.25, -0.2) is 0 Å². The molecule has 1 aromatic heterocycles. The van der Waals surface area contributed by atoms with Crippen molar-refractivity contribution in [2.24, 2.45) is 0 Å². The molecule has 1 aliphatic rings. The van der Waals surface area contributed by atoms with E-state index in [9.17, 15) is 4.79 Å². The zero-order valence-corrected chi connectivity index (χ0v) is 14.7. The van der Waals surface area contributed by atoms with Crippen molar-refractivity contribution in [3.63, 3.8) is 0 Å². The molecule has 26 heavy (non-hydrogen) atoms. The third kappa shape index (κ3) is 3.11. The summed E-state index contributed by atoms with van der Waals surface area (Å²) < 4.78 is 11.5. The molecule has 1 fully saturated rings. The molecule has 0 unspecified atom stereocenters. The van der Waals surface area contributed by atoms with Crippen molar-refractivity contribution in [3.05, 3.63) is 54.6 Å². The number of fused-ring (bicyclic) bond motifs is 1. The van der Waals surface area contributed by atoms with Crippen molar-refractivity contribution in [3.8, 4) is 11.3 Å². The topological polar surface area (TPSA) is 63.5 Å². The molecule has 1 aliphatic heterocycles. The fraction of sp³-hybridized carbons (Fsp3) is 0.286. The number of carbonyl (C=O) groups is 1. The van der Waals surface area contributed by atoms with Crippen LogP contribution >= 0.6 is 0 Å². The molecule has 0 aliphatic carbocycles. The number of amides is 1. The van der Waals surface area contributed by atoms with Crippen LogP contribution in [0.3, 0.4) is 0 Å². The maximum absolute atomic E-state index is 12.7. The fourth-order valence-corrected chi connectivity index (χ4v) is 3.44. The van der Waals surface area contributed by atoms with E-state index in [-0.39, 0.29) is 5.91 Å². The van der Waals surface area contributed by atoms with Crippen LogP contribution in [0, 0.1) is 0 Å². The summed E-state index contributed by atoms with van der Waals surface area (Å²) in [6.45, 7) is 1.57. The molecule has 0 bridgehead atoms. The van der Waals surface area contributed by atoms with E-state index in [0.29, 0.717) is 12.8 Å². The lowest BCUT2D eigenvalue weighted by molar-refractivity contribution is -0.140. The predicted molar refractivity (Wildman–Crippen MR) is 102 cm³/mol. The van der Waals surface area contributed by atoms with Crippen LogP contribution in [0.25, 0.3) is 22.3 Å². The first-order valence-corrected chi connectivity index (χ1v) is 8.87. The van der Waals surface area contributed by atoms with Crippen molar-refractivity contribution in [2.45, 2.75) is 18.4 Å². The molecule has 1 amide bonds. The zero-order chi connectivity index (χ0) is 18.0. The molecule has 5 heteroatoms. The second-order valence-corrected chi connectivity index (χ2v) is 6.63. The lowest BCUT2D eigenvalue weighted by Crippen LogP contribution is -2.51. The van der Waals surface area contributed by atoms with Gasteiger partial charge in [0.1, 0.15) is 16.9 Å². The second-order valence-electron chi connectivity index (χ2n) is 6.63. The van der Waals surface area contributed by atoms with Gasteiger partial charge in [0.25, 0.3) is 5.91 Å². The number of carbonyl (C=O) groups excluding carboxylic acids is 1. The Labute approximate surface area is 152 Å². The molecule has 0 spiro atoms. The summed E-state index contributed by atoms with van der Waals surface area (Å²) in [5.74, 6) is 0.730. The summed E-state index contributed by atoms with van der Waals surface area (Å²) in [5.41, 5.74) is 1.85. The number of rotatable bonds is 4. The molecule has 2 aromatic carbocycles. The van der Waals surface area contributed by atoms with Gasteiger partial charge >= 0.3 is 0 Å². The largest absolute Gasteiger partial charge is 0.456 e. The van der Waals surface area contributed by atoms with E-state index in [1.54, 1.807) is 7.11 Å². The highest BCUT2D eigenvalue weighted by Crippen LogP contribution is 2.29. The van der Waals surface area contributed by atoms with Crippen molar-refractivity contribution in [1.82, 2.24) is 5.32 Å². The van der Waals surface area contributed by atoms with Crippen molar-refractivity contribution < 1.29 is 13.9 Å². The number of hydrogen-bond donors (Lipinski definition) is 2. The first kappa shape index (κ1) is 16.8. The van der Waals surface area contributed by atoms with Crippen LogP contribution in [-0.2, 0) is 9.53 Å². The minimum absolute atomic E-state index is 0.0852. The van der Waals surface area contributed by atoms with Gasteiger partial charge < -0.3 is 19.8 Å². The van der Waals surface area contributed by atoms with Gasteiger partial charge in [-0.2, -0.15) is 0 Å². The first-order valence-electron chi connectivity index (χ1n) is 8.87. The lowest BCUT2D eigenvalue weighted by atomic mass is 9.91. The Balaban J connectivity index is 1.51. The Morgan fingerprint density at radius 3 is 2.54 bits per heavy atom. The Bertz CT molecular complexity index is 875. The van der Waals surface area contributed by atoms with E-state index in [2.05, 4.69) is 10.6 Å². The number of anilines is 1. The average molecular weight is 350 g/mol. The standard InChI is InChI=1S/C21H22N2O3/c1-25-21(10-12-22-13-11-21)20(24)23-17-8-6-15(7-9-17)19-14-16-4-2-3-5-18(16)26-19/h2-9,14,22H,10-13H2,1H3,(H,23,24). The molecule has 2 heterocycles. The highest BCUT2D eigenvalue weighted by atomic mass is 16.5. The number of benzene rings is 2. The highest BCUT2D eigenvalue weighted by molar-refractivity contribution is 5.97. The zero-order valence-electron chi connectivity index (χ0n) is 14.7. The molecule has 0 atom stereocenters. The molecule has 134 valence electrons. The number of piperidine rings is 1. The maximum Gasteiger partial charge on any atom is 0.256 e. The number of nitrogens with one attached hydrogen (secondary N) is 2. The number of methoxy groups -OCH3 is 1. The number of hydrogen-bond acceptors (Lipinski definition) is 4. The Morgan fingerprint density at radius 1 is 1.12 bits per heavy atom. The quantitative estimate of drug-likeness (QED) is 0.751. The van der Waals surface area contributed by atoms with Crippen LogP contribution in [0.2, 0.25) is 0 Å². The normalized spacial score (nSPS) is 16.5. The van der Waals surface area contributed by atoms with Crippen LogP contribution in [0.4, 0.5) is 5.69 Å². The van der Waals surface area contributed by atoms with E-state index >= 15 is 0 Å². The second kappa shape index (κ2) is 6.94. The molecule has 0 saturated carbocycles.